The minimum atomic E-state index is -0.286. The molecule has 0 spiro atoms. The molecule has 5 heteroatoms. The molecule has 1 atom stereocenters. The van der Waals surface area contributed by atoms with Crippen LogP contribution in [0.15, 0.2) is 36.4 Å². The van der Waals surface area contributed by atoms with Gasteiger partial charge < -0.3 is 14.7 Å². The zero-order valence-electron chi connectivity index (χ0n) is 17.6. The quantitative estimate of drug-likeness (QED) is 0.794. The van der Waals surface area contributed by atoms with E-state index in [-0.39, 0.29) is 6.10 Å². The lowest BCUT2D eigenvalue weighted by Gasteiger charge is -2.36. The van der Waals surface area contributed by atoms with Crippen LogP contribution in [-0.4, -0.2) is 54.9 Å². The number of aliphatic hydroxyl groups excluding tert-OH is 1. The van der Waals surface area contributed by atoms with Crippen molar-refractivity contribution in [1.29, 1.82) is 0 Å². The van der Waals surface area contributed by atoms with Crippen molar-refractivity contribution in [3.8, 4) is 5.75 Å². The van der Waals surface area contributed by atoms with E-state index >= 15 is 0 Å². The van der Waals surface area contributed by atoms with Crippen LogP contribution in [0.3, 0.4) is 0 Å². The van der Waals surface area contributed by atoms with Crippen molar-refractivity contribution in [2.24, 2.45) is 5.92 Å². The number of anilines is 1. The Morgan fingerprint density at radius 2 is 1.75 bits per heavy atom. The molecule has 0 amide bonds. The van der Waals surface area contributed by atoms with Gasteiger partial charge in [-0.1, -0.05) is 12.1 Å². The molecule has 1 fully saturated rings. The number of aromatic nitrogens is 1. The summed E-state index contributed by atoms with van der Waals surface area (Å²) in [6.45, 7) is 7.61. The molecule has 2 aromatic rings. The van der Waals surface area contributed by atoms with E-state index in [1.165, 1.54) is 11.3 Å². The third-order valence-electron chi connectivity index (χ3n) is 5.63. The van der Waals surface area contributed by atoms with Gasteiger partial charge in [0.05, 0.1) is 13.2 Å². The lowest BCUT2D eigenvalue weighted by atomic mass is 9.90. The second-order valence-electron chi connectivity index (χ2n) is 8.04. The molecule has 1 aliphatic rings. The monoisotopic (exact) mass is 383 g/mol. The van der Waals surface area contributed by atoms with Gasteiger partial charge in [0.15, 0.2) is 0 Å². The van der Waals surface area contributed by atoms with Gasteiger partial charge in [-0.2, -0.15) is 0 Å². The molecule has 28 heavy (non-hydrogen) atoms. The molecular weight excluding hydrogens is 350 g/mol. The molecule has 0 bridgehead atoms. The van der Waals surface area contributed by atoms with Crippen LogP contribution in [-0.2, 0) is 6.54 Å². The number of aliphatic hydroxyl groups is 1. The Labute approximate surface area is 169 Å². The average molecular weight is 384 g/mol. The molecule has 1 N–H and O–H groups in total. The lowest BCUT2D eigenvalue weighted by Crippen LogP contribution is -2.41. The molecule has 1 aromatic carbocycles. The maximum atomic E-state index is 10.8. The first-order valence-corrected chi connectivity index (χ1v) is 10.1. The standard InChI is InChI=1S/C23H33N3O2/c1-17-13-21(14-18(2)24-17)26-11-9-20(10-12-26)23(27)16-25(3)15-19-5-7-22(28-4)8-6-19/h5-8,13-14,20,23,27H,9-12,15-16H2,1-4H3. The lowest BCUT2D eigenvalue weighted by molar-refractivity contribution is 0.0590. The molecule has 3 rings (SSSR count). The van der Waals surface area contributed by atoms with Gasteiger partial charge in [-0.3, -0.25) is 9.88 Å². The number of hydrogen-bond acceptors (Lipinski definition) is 5. The zero-order chi connectivity index (χ0) is 20.1. The zero-order valence-corrected chi connectivity index (χ0v) is 17.6. The van der Waals surface area contributed by atoms with Crippen LogP contribution >= 0.6 is 0 Å². The van der Waals surface area contributed by atoms with E-state index in [1.807, 2.05) is 26.0 Å². The molecule has 0 saturated carbocycles. The molecular formula is C23H33N3O2. The van der Waals surface area contributed by atoms with Crippen LogP contribution in [0, 0.1) is 19.8 Å². The summed E-state index contributed by atoms with van der Waals surface area (Å²) in [6, 6.07) is 12.5. The summed E-state index contributed by atoms with van der Waals surface area (Å²) >= 11 is 0. The van der Waals surface area contributed by atoms with Crippen LogP contribution in [0.1, 0.15) is 29.8 Å². The van der Waals surface area contributed by atoms with Crippen LogP contribution in [0.25, 0.3) is 0 Å². The minimum Gasteiger partial charge on any atom is -0.497 e. The fraction of sp³-hybridized carbons (Fsp3) is 0.522. The Hall–Kier alpha value is -2.11. The van der Waals surface area contributed by atoms with Crippen molar-refractivity contribution < 1.29 is 9.84 Å². The fourth-order valence-corrected chi connectivity index (χ4v) is 4.11. The predicted molar refractivity (Wildman–Crippen MR) is 114 cm³/mol. The summed E-state index contributed by atoms with van der Waals surface area (Å²) in [5.41, 5.74) is 4.62. The van der Waals surface area contributed by atoms with Gasteiger partial charge >= 0.3 is 0 Å². The highest BCUT2D eigenvalue weighted by Gasteiger charge is 2.26. The van der Waals surface area contributed by atoms with Gasteiger partial charge in [0.2, 0.25) is 0 Å². The molecule has 1 saturated heterocycles. The van der Waals surface area contributed by atoms with E-state index in [0.29, 0.717) is 12.5 Å². The van der Waals surface area contributed by atoms with Crippen LogP contribution < -0.4 is 9.64 Å². The Morgan fingerprint density at radius 3 is 2.32 bits per heavy atom. The summed E-state index contributed by atoms with van der Waals surface area (Å²) in [7, 11) is 3.75. The van der Waals surface area contributed by atoms with Crippen LogP contribution in [0.2, 0.25) is 0 Å². The van der Waals surface area contributed by atoms with Crippen LogP contribution in [0.4, 0.5) is 5.69 Å². The summed E-state index contributed by atoms with van der Waals surface area (Å²) in [5, 5.41) is 10.8. The topological polar surface area (TPSA) is 48.8 Å². The van der Waals surface area contributed by atoms with Crippen molar-refractivity contribution in [3.05, 3.63) is 53.3 Å². The molecule has 2 heterocycles. The first-order chi connectivity index (χ1) is 13.4. The number of pyridine rings is 1. The van der Waals surface area contributed by atoms with Gasteiger partial charge in [0.25, 0.3) is 0 Å². The molecule has 152 valence electrons. The number of nitrogens with zero attached hydrogens (tertiary/aromatic N) is 3. The van der Waals surface area contributed by atoms with E-state index in [1.54, 1.807) is 7.11 Å². The number of methoxy groups -OCH3 is 1. The molecule has 0 radical (unpaired) electrons. The third-order valence-corrected chi connectivity index (χ3v) is 5.63. The highest BCUT2D eigenvalue weighted by Crippen LogP contribution is 2.26. The number of benzene rings is 1. The molecule has 5 nitrogen and oxygen atoms in total. The Bertz CT molecular complexity index is 735. The summed E-state index contributed by atoms with van der Waals surface area (Å²) in [6.07, 6.45) is 1.77. The van der Waals surface area contributed by atoms with Gasteiger partial charge in [-0.25, -0.2) is 0 Å². The van der Waals surface area contributed by atoms with Crippen molar-refractivity contribution in [2.45, 2.75) is 39.3 Å². The number of rotatable bonds is 7. The Morgan fingerprint density at radius 1 is 1.14 bits per heavy atom. The molecule has 1 aromatic heterocycles. The fourth-order valence-electron chi connectivity index (χ4n) is 4.11. The molecule has 1 aliphatic heterocycles. The maximum Gasteiger partial charge on any atom is 0.118 e. The number of aryl methyl sites for hydroxylation is 2. The first-order valence-electron chi connectivity index (χ1n) is 10.1. The first kappa shape index (κ1) is 20.6. The van der Waals surface area contributed by atoms with E-state index in [4.69, 9.17) is 4.74 Å². The summed E-state index contributed by atoms with van der Waals surface area (Å²) in [5.74, 6) is 1.23. The molecule has 0 aliphatic carbocycles. The third kappa shape index (κ3) is 5.46. The van der Waals surface area contributed by atoms with E-state index in [9.17, 15) is 5.11 Å². The van der Waals surface area contributed by atoms with Crippen molar-refractivity contribution in [3.63, 3.8) is 0 Å². The van der Waals surface area contributed by atoms with Crippen molar-refractivity contribution in [2.75, 3.05) is 38.7 Å². The SMILES string of the molecule is COc1ccc(CN(C)CC(O)C2CCN(c3cc(C)nc(C)c3)CC2)cc1. The number of likely N-dealkylation sites (N-methyl/N-ethyl adjacent to an activating group) is 1. The molecule has 1 unspecified atom stereocenters. The highest BCUT2D eigenvalue weighted by atomic mass is 16.5. The maximum absolute atomic E-state index is 10.8. The van der Waals surface area contributed by atoms with Gasteiger partial charge in [0, 0.05) is 43.3 Å². The Balaban J connectivity index is 1.48. The van der Waals surface area contributed by atoms with Crippen LogP contribution in [0.5, 0.6) is 5.75 Å². The van der Waals surface area contributed by atoms with Crippen molar-refractivity contribution >= 4 is 5.69 Å². The second-order valence-corrected chi connectivity index (χ2v) is 8.04. The van der Waals surface area contributed by atoms with Gasteiger partial charge in [0.1, 0.15) is 5.75 Å². The van der Waals surface area contributed by atoms with E-state index in [2.05, 4.69) is 46.1 Å². The van der Waals surface area contributed by atoms with Gasteiger partial charge in [-0.05, 0) is 69.5 Å². The number of hydrogen-bond donors (Lipinski definition) is 1. The Kier molecular flexibility index (Phi) is 6.92. The van der Waals surface area contributed by atoms with Gasteiger partial charge in [-0.15, -0.1) is 0 Å². The number of ether oxygens (including phenoxy) is 1. The second kappa shape index (κ2) is 9.39. The highest BCUT2D eigenvalue weighted by molar-refractivity contribution is 5.48. The number of piperidine rings is 1. The van der Waals surface area contributed by atoms with Crippen molar-refractivity contribution in [1.82, 2.24) is 9.88 Å². The van der Waals surface area contributed by atoms with E-state index < -0.39 is 0 Å². The summed E-state index contributed by atoms with van der Waals surface area (Å²) in [4.78, 5) is 9.10. The predicted octanol–water partition coefficient (Wildman–Crippen LogP) is 3.42. The average Bonchev–Trinajstić information content (AvgIpc) is 2.68. The minimum absolute atomic E-state index is 0.286. The van der Waals surface area contributed by atoms with E-state index in [0.717, 1.165) is 49.6 Å². The summed E-state index contributed by atoms with van der Waals surface area (Å²) < 4.78 is 5.21. The smallest absolute Gasteiger partial charge is 0.118 e. The largest absolute Gasteiger partial charge is 0.497 e. The normalized spacial score (nSPS) is 16.4.